The van der Waals surface area contributed by atoms with Crippen LogP contribution < -0.4 is 10.6 Å². The number of fused-ring (bicyclic) bond motifs is 3. The van der Waals surface area contributed by atoms with Crippen LogP contribution in [0.2, 0.25) is 0 Å². The fraction of sp³-hybridized carbons (Fsp3) is 0.278. The van der Waals surface area contributed by atoms with Crippen LogP contribution in [0.15, 0.2) is 42.5 Å². The van der Waals surface area contributed by atoms with Gasteiger partial charge in [0.05, 0.1) is 0 Å². The molecule has 3 heteroatoms. The van der Waals surface area contributed by atoms with Crippen LogP contribution in [-0.4, -0.2) is 11.7 Å². The van der Waals surface area contributed by atoms with E-state index in [2.05, 4.69) is 66.9 Å². The lowest BCUT2D eigenvalue weighted by Crippen LogP contribution is -2.31. The first-order valence-electron chi connectivity index (χ1n) is 7.39. The Labute approximate surface area is 131 Å². The molecule has 1 aliphatic carbocycles. The first-order chi connectivity index (χ1) is 10.1. The van der Waals surface area contributed by atoms with Crippen molar-refractivity contribution in [3.63, 3.8) is 0 Å². The van der Waals surface area contributed by atoms with Crippen LogP contribution in [-0.2, 0) is 6.42 Å². The Morgan fingerprint density at radius 1 is 1.10 bits per heavy atom. The highest BCUT2D eigenvalue weighted by Gasteiger charge is 2.17. The van der Waals surface area contributed by atoms with Gasteiger partial charge >= 0.3 is 0 Å². The molecule has 0 unspecified atom stereocenters. The molecule has 0 bridgehead atoms. The van der Waals surface area contributed by atoms with Crippen molar-refractivity contribution < 1.29 is 0 Å². The molecule has 0 heterocycles. The summed E-state index contributed by atoms with van der Waals surface area (Å²) in [5.41, 5.74) is 6.54. The van der Waals surface area contributed by atoms with E-state index in [9.17, 15) is 0 Å². The van der Waals surface area contributed by atoms with E-state index in [0.717, 1.165) is 18.7 Å². The van der Waals surface area contributed by atoms with Crippen LogP contribution in [0, 0.1) is 5.92 Å². The van der Waals surface area contributed by atoms with Gasteiger partial charge in [-0.3, -0.25) is 0 Å². The van der Waals surface area contributed by atoms with E-state index >= 15 is 0 Å². The van der Waals surface area contributed by atoms with E-state index in [0.29, 0.717) is 11.0 Å². The molecule has 2 N–H and O–H groups in total. The molecule has 0 spiro atoms. The zero-order chi connectivity index (χ0) is 14.8. The number of rotatable bonds is 3. The Bertz CT molecular complexity index is 677. The summed E-state index contributed by atoms with van der Waals surface area (Å²) in [5.74, 6) is 0.583. The molecular formula is C18H20N2S. The number of thiocarbonyl (C=S) groups is 1. The number of hydrogen-bond donors (Lipinski definition) is 2. The molecule has 1 aliphatic rings. The maximum Gasteiger partial charge on any atom is 0.170 e. The van der Waals surface area contributed by atoms with E-state index in [4.69, 9.17) is 12.2 Å². The second-order valence-corrected chi connectivity index (χ2v) is 6.34. The molecule has 0 aromatic heterocycles. The summed E-state index contributed by atoms with van der Waals surface area (Å²) in [7, 11) is 0. The largest absolute Gasteiger partial charge is 0.362 e. The first-order valence-corrected chi connectivity index (χ1v) is 7.80. The van der Waals surface area contributed by atoms with E-state index in [1.54, 1.807) is 0 Å². The van der Waals surface area contributed by atoms with Crippen molar-refractivity contribution in [2.75, 3.05) is 11.9 Å². The van der Waals surface area contributed by atoms with Gasteiger partial charge in [0.1, 0.15) is 0 Å². The van der Waals surface area contributed by atoms with E-state index < -0.39 is 0 Å². The Morgan fingerprint density at radius 2 is 1.86 bits per heavy atom. The molecule has 0 aliphatic heterocycles. The highest BCUT2D eigenvalue weighted by atomic mass is 32.1. The normalized spacial score (nSPS) is 12.0. The molecule has 2 nitrogen and oxygen atoms in total. The summed E-state index contributed by atoms with van der Waals surface area (Å²) < 4.78 is 0. The van der Waals surface area contributed by atoms with Crippen molar-refractivity contribution in [2.24, 2.45) is 5.92 Å². The topological polar surface area (TPSA) is 24.1 Å². The summed E-state index contributed by atoms with van der Waals surface area (Å²) in [5, 5.41) is 7.20. The molecule has 0 saturated carbocycles. The maximum atomic E-state index is 5.33. The zero-order valence-electron chi connectivity index (χ0n) is 12.4. The second kappa shape index (κ2) is 5.86. The van der Waals surface area contributed by atoms with Crippen molar-refractivity contribution in [1.82, 2.24) is 5.32 Å². The third-order valence-electron chi connectivity index (χ3n) is 3.72. The average molecular weight is 296 g/mol. The van der Waals surface area contributed by atoms with Gasteiger partial charge in [-0.1, -0.05) is 44.2 Å². The molecular weight excluding hydrogens is 276 g/mol. The molecule has 0 atom stereocenters. The molecule has 3 rings (SSSR count). The lowest BCUT2D eigenvalue weighted by atomic mass is 10.1. The van der Waals surface area contributed by atoms with Gasteiger partial charge in [0.25, 0.3) is 0 Å². The SMILES string of the molecule is CC(C)CNC(=S)Nc1ccc2c(c1)Cc1ccccc1-2. The number of hydrogen-bond acceptors (Lipinski definition) is 1. The Hall–Kier alpha value is -1.87. The van der Waals surface area contributed by atoms with Crippen LogP contribution in [0.4, 0.5) is 5.69 Å². The lowest BCUT2D eigenvalue weighted by Gasteiger charge is -2.13. The summed E-state index contributed by atoms with van der Waals surface area (Å²) in [6, 6.07) is 15.1. The van der Waals surface area contributed by atoms with Gasteiger partial charge in [-0.2, -0.15) is 0 Å². The quantitative estimate of drug-likeness (QED) is 0.708. The van der Waals surface area contributed by atoms with Crippen molar-refractivity contribution >= 4 is 23.0 Å². The second-order valence-electron chi connectivity index (χ2n) is 5.93. The monoisotopic (exact) mass is 296 g/mol. The molecule has 2 aromatic rings. The van der Waals surface area contributed by atoms with Crippen molar-refractivity contribution in [1.29, 1.82) is 0 Å². The minimum Gasteiger partial charge on any atom is -0.362 e. The summed E-state index contributed by atoms with van der Waals surface area (Å²) in [4.78, 5) is 0. The molecule has 0 saturated heterocycles. The van der Waals surface area contributed by atoms with E-state index in [1.807, 2.05) is 0 Å². The van der Waals surface area contributed by atoms with Gasteiger partial charge in [-0.25, -0.2) is 0 Å². The molecule has 21 heavy (non-hydrogen) atoms. The van der Waals surface area contributed by atoms with Crippen LogP contribution >= 0.6 is 12.2 Å². The van der Waals surface area contributed by atoms with Gasteiger partial charge in [-0.15, -0.1) is 0 Å². The molecule has 0 radical (unpaired) electrons. The van der Waals surface area contributed by atoms with Gasteiger partial charge in [0, 0.05) is 12.2 Å². The van der Waals surface area contributed by atoms with Gasteiger partial charge in [-0.05, 0) is 58.9 Å². The van der Waals surface area contributed by atoms with Crippen LogP contribution in [0.3, 0.4) is 0 Å². The fourth-order valence-corrected chi connectivity index (χ4v) is 2.90. The smallest absolute Gasteiger partial charge is 0.170 e. The van der Waals surface area contributed by atoms with Crippen LogP contribution in [0.25, 0.3) is 11.1 Å². The summed E-state index contributed by atoms with van der Waals surface area (Å²) >= 11 is 5.33. The van der Waals surface area contributed by atoms with Crippen molar-refractivity contribution in [2.45, 2.75) is 20.3 Å². The summed E-state index contributed by atoms with van der Waals surface area (Å²) in [6.45, 7) is 5.23. The highest BCUT2D eigenvalue weighted by molar-refractivity contribution is 7.80. The predicted octanol–water partition coefficient (Wildman–Crippen LogP) is 4.20. The fourth-order valence-electron chi connectivity index (χ4n) is 2.69. The maximum absolute atomic E-state index is 5.33. The third-order valence-corrected chi connectivity index (χ3v) is 3.97. The number of anilines is 1. The summed E-state index contributed by atoms with van der Waals surface area (Å²) in [6.07, 6.45) is 1.01. The average Bonchev–Trinajstić information content (AvgIpc) is 2.82. The Morgan fingerprint density at radius 3 is 2.67 bits per heavy atom. The Balaban J connectivity index is 1.74. The van der Waals surface area contributed by atoms with Crippen LogP contribution in [0.1, 0.15) is 25.0 Å². The molecule has 0 amide bonds. The van der Waals surface area contributed by atoms with Crippen molar-refractivity contribution in [3.8, 4) is 11.1 Å². The minimum atomic E-state index is 0.583. The van der Waals surface area contributed by atoms with Crippen LogP contribution in [0.5, 0.6) is 0 Å². The number of nitrogens with one attached hydrogen (secondary N) is 2. The lowest BCUT2D eigenvalue weighted by molar-refractivity contribution is 0.627. The third kappa shape index (κ3) is 3.08. The zero-order valence-corrected chi connectivity index (χ0v) is 13.3. The standard InChI is InChI=1S/C18H20N2S/c1-12(2)11-19-18(21)20-15-7-8-17-14(10-15)9-13-5-3-4-6-16(13)17/h3-8,10,12H,9,11H2,1-2H3,(H2,19,20,21). The van der Waals surface area contributed by atoms with Crippen molar-refractivity contribution in [3.05, 3.63) is 53.6 Å². The Kier molecular flexibility index (Phi) is 3.93. The highest BCUT2D eigenvalue weighted by Crippen LogP contribution is 2.37. The van der Waals surface area contributed by atoms with E-state index in [1.165, 1.54) is 22.3 Å². The molecule has 2 aromatic carbocycles. The first kappa shape index (κ1) is 14.1. The van der Waals surface area contributed by atoms with Gasteiger partial charge in [0.2, 0.25) is 0 Å². The molecule has 108 valence electrons. The minimum absolute atomic E-state index is 0.583. The van der Waals surface area contributed by atoms with Gasteiger partial charge < -0.3 is 10.6 Å². The predicted molar refractivity (Wildman–Crippen MR) is 93.7 cm³/mol. The molecule has 0 fully saturated rings. The van der Waals surface area contributed by atoms with E-state index in [-0.39, 0.29) is 0 Å². The van der Waals surface area contributed by atoms with Gasteiger partial charge in [0.15, 0.2) is 5.11 Å². The number of benzene rings is 2.